The van der Waals surface area contributed by atoms with E-state index in [0.717, 1.165) is 59.5 Å². The third kappa shape index (κ3) is 4.26. The van der Waals surface area contributed by atoms with Crippen molar-refractivity contribution >= 4 is 21.9 Å². The fourth-order valence-electron chi connectivity index (χ4n) is 4.02. The summed E-state index contributed by atoms with van der Waals surface area (Å²) in [6, 6.07) is 8.64. The monoisotopic (exact) mass is 424 g/mol. The highest BCUT2D eigenvalue weighted by Crippen LogP contribution is 2.41. The summed E-state index contributed by atoms with van der Waals surface area (Å²) in [6.45, 7) is 11.7. The maximum atomic E-state index is 6.29. The van der Waals surface area contributed by atoms with Crippen LogP contribution in [0.5, 0.6) is 11.5 Å². The van der Waals surface area contributed by atoms with Crippen LogP contribution in [0.15, 0.2) is 28.7 Å². The van der Waals surface area contributed by atoms with Gasteiger partial charge in [0.25, 0.3) is 0 Å². The van der Waals surface area contributed by atoms with Crippen LogP contribution in [-0.4, -0.2) is 38.6 Å². The van der Waals surface area contributed by atoms with Crippen LogP contribution in [0, 0.1) is 0 Å². The first-order chi connectivity index (χ1) is 15.1. The normalized spacial score (nSPS) is 21.9. The lowest BCUT2D eigenvalue weighted by atomic mass is 9.93. The molecule has 0 spiro atoms. The number of ether oxygens (including phenoxy) is 4. The molecule has 2 aromatic carbocycles. The minimum absolute atomic E-state index is 0.226. The van der Waals surface area contributed by atoms with Gasteiger partial charge in [-0.25, -0.2) is 0 Å². The zero-order chi connectivity index (χ0) is 21.5. The molecule has 4 unspecified atom stereocenters. The molecule has 3 aromatic rings. The van der Waals surface area contributed by atoms with E-state index in [1.165, 1.54) is 11.1 Å². The van der Waals surface area contributed by atoms with Crippen molar-refractivity contribution in [2.45, 2.75) is 64.6 Å². The molecule has 1 aromatic heterocycles. The van der Waals surface area contributed by atoms with Crippen LogP contribution in [0.1, 0.15) is 63.5 Å². The topological polar surface area (TPSA) is 56.7 Å². The molecule has 5 heteroatoms. The van der Waals surface area contributed by atoms with Crippen LogP contribution in [0.25, 0.3) is 21.9 Å². The Bertz CT molecular complexity index is 992. The number of rotatable bonds is 10. The number of hydrogen-bond acceptors (Lipinski definition) is 5. The lowest BCUT2D eigenvalue weighted by Gasteiger charge is -2.16. The van der Waals surface area contributed by atoms with Gasteiger partial charge in [-0.2, -0.15) is 0 Å². The van der Waals surface area contributed by atoms with E-state index in [2.05, 4.69) is 52.0 Å². The molecular formula is C26H32O5. The Labute approximate surface area is 183 Å². The van der Waals surface area contributed by atoms with Gasteiger partial charge in [0.2, 0.25) is 0 Å². The molecule has 3 heterocycles. The van der Waals surface area contributed by atoms with Gasteiger partial charge in [-0.05, 0) is 47.9 Å². The van der Waals surface area contributed by atoms with E-state index in [1.54, 1.807) is 0 Å². The van der Waals surface area contributed by atoms with E-state index in [9.17, 15) is 0 Å². The quantitative estimate of drug-likeness (QED) is 0.364. The van der Waals surface area contributed by atoms with E-state index in [-0.39, 0.29) is 12.2 Å². The summed E-state index contributed by atoms with van der Waals surface area (Å²) in [7, 11) is 0. The van der Waals surface area contributed by atoms with Crippen LogP contribution in [0.2, 0.25) is 0 Å². The first-order valence-electron chi connectivity index (χ1n) is 11.6. The number of furan rings is 1. The van der Waals surface area contributed by atoms with E-state index >= 15 is 0 Å². The van der Waals surface area contributed by atoms with Crippen molar-refractivity contribution in [3.05, 3.63) is 35.4 Å². The van der Waals surface area contributed by atoms with Crippen LogP contribution >= 0.6 is 0 Å². The highest BCUT2D eigenvalue weighted by atomic mass is 16.6. The minimum Gasteiger partial charge on any atom is -0.490 e. The second-order valence-electron chi connectivity index (χ2n) is 9.03. The third-order valence-corrected chi connectivity index (χ3v) is 6.67. The van der Waals surface area contributed by atoms with Crippen LogP contribution in [-0.2, 0) is 9.47 Å². The lowest BCUT2D eigenvalue weighted by Crippen LogP contribution is -2.07. The minimum atomic E-state index is 0.226. The standard InChI is InChI=1S/C26H32O5/c1-5-15(3)19-7-21-22-8-20(16(4)6-2)24(30-14-18-12-28-18)10-26(22)31-25(21)9-23(19)29-13-17-11-27-17/h7-10,15-18H,5-6,11-14H2,1-4H3. The number of epoxide rings is 2. The molecular weight excluding hydrogens is 392 g/mol. The van der Waals surface area contributed by atoms with Gasteiger partial charge in [0, 0.05) is 22.9 Å². The average molecular weight is 425 g/mol. The van der Waals surface area contributed by atoms with Crippen molar-refractivity contribution in [2.24, 2.45) is 0 Å². The van der Waals surface area contributed by atoms with Crippen LogP contribution in [0.3, 0.4) is 0 Å². The van der Waals surface area contributed by atoms with Gasteiger partial charge >= 0.3 is 0 Å². The molecule has 0 bridgehead atoms. The smallest absolute Gasteiger partial charge is 0.139 e. The van der Waals surface area contributed by atoms with Crippen molar-refractivity contribution in [3.63, 3.8) is 0 Å². The first-order valence-corrected chi connectivity index (χ1v) is 11.6. The maximum absolute atomic E-state index is 6.29. The zero-order valence-corrected chi connectivity index (χ0v) is 18.9. The van der Waals surface area contributed by atoms with E-state index in [0.29, 0.717) is 25.0 Å². The van der Waals surface area contributed by atoms with Gasteiger partial charge in [0.05, 0.1) is 13.2 Å². The Morgan fingerprint density at radius 1 is 0.774 bits per heavy atom. The molecule has 0 saturated carbocycles. The van der Waals surface area contributed by atoms with Gasteiger partial charge in [-0.1, -0.05) is 27.7 Å². The molecule has 5 nitrogen and oxygen atoms in total. The Morgan fingerprint density at radius 2 is 1.19 bits per heavy atom. The van der Waals surface area contributed by atoms with E-state index in [4.69, 9.17) is 23.4 Å². The fraction of sp³-hybridized carbons (Fsp3) is 0.538. The van der Waals surface area contributed by atoms with Crippen molar-refractivity contribution in [3.8, 4) is 11.5 Å². The molecule has 166 valence electrons. The van der Waals surface area contributed by atoms with Gasteiger partial charge in [0.15, 0.2) is 0 Å². The molecule has 4 atom stereocenters. The molecule has 0 radical (unpaired) electrons. The number of hydrogen-bond donors (Lipinski definition) is 0. The zero-order valence-electron chi connectivity index (χ0n) is 18.9. The predicted octanol–water partition coefficient (Wildman–Crippen LogP) is 6.17. The largest absolute Gasteiger partial charge is 0.490 e. The van der Waals surface area contributed by atoms with Gasteiger partial charge in [-0.15, -0.1) is 0 Å². The van der Waals surface area contributed by atoms with Gasteiger partial charge in [-0.3, -0.25) is 0 Å². The molecule has 5 rings (SSSR count). The summed E-state index contributed by atoms with van der Waals surface area (Å²) in [4.78, 5) is 0. The molecule has 2 aliphatic heterocycles. The van der Waals surface area contributed by atoms with Crippen molar-refractivity contribution in [1.82, 2.24) is 0 Å². The molecule has 2 fully saturated rings. The molecule has 31 heavy (non-hydrogen) atoms. The number of benzene rings is 2. The molecule has 0 N–H and O–H groups in total. The Morgan fingerprint density at radius 3 is 1.55 bits per heavy atom. The summed E-state index contributed by atoms with van der Waals surface area (Å²) in [5.74, 6) is 2.61. The second kappa shape index (κ2) is 8.36. The van der Waals surface area contributed by atoms with Gasteiger partial charge < -0.3 is 23.4 Å². The van der Waals surface area contributed by atoms with Crippen molar-refractivity contribution in [1.29, 1.82) is 0 Å². The fourth-order valence-corrected chi connectivity index (χ4v) is 4.02. The summed E-state index contributed by atoms with van der Waals surface area (Å²) < 4.78 is 29.2. The van der Waals surface area contributed by atoms with Crippen LogP contribution in [0.4, 0.5) is 0 Å². The summed E-state index contributed by atoms with van der Waals surface area (Å²) in [6.07, 6.45) is 2.56. The Hall–Kier alpha value is -2.24. The molecule has 2 aliphatic rings. The lowest BCUT2D eigenvalue weighted by molar-refractivity contribution is 0.260. The van der Waals surface area contributed by atoms with Crippen LogP contribution < -0.4 is 9.47 Å². The maximum Gasteiger partial charge on any atom is 0.139 e. The third-order valence-electron chi connectivity index (χ3n) is 6.67. The average Bonchev–Trinajstić information content (AvgIpc) is 3.71. The summed E-state index contributed by atoms with van der Waals surface area (Å²) in [5, 5.41) is 2.28. The Balaban J connectivity index is 1.60. The summed E-state index contributed by atoms with van der Waals surface area (Å²) in [5.41, 5.74) is 4.17. The molecule has 2 saturated heterocycles. The van der Waals surface area contributed by atoms with E-state index < -0.39 is 0 Å². The molecule has 0 aliphatic carbocycles. The van der Waals surface area contributed by atoms with Crippen molar-refractivity contribution < 1.29 is 23.4 Å². The highest BCUT2D eigenvalue weighted by molar-refractivity contribution is 6.06. The van der Waals surface area contributed by atoms with E-state index in [1.807, 2.05) is 0 Å². The Kier molecular flexibility index (Phi) is 5.57. The van der Waals surface area contributed by atoms with Gasteiger partial charge in [0.1, 0.15) is 48.1 Å². The molecule has 0 amide bonds. The highest BCUT2D eigenvalue weighted by Gasteiger charge is 2.26. The van der Waals surface area contributed by atoms with Crippen molar-refractivity contribution in [2.75, 3.05) is 26.4 Å². The predicted molar refractivity (Wildman–Crippen MR) is 122 cm³/mol. The first kappa shape index (κ1) is 20.7. The second-order valence-corrected chi connectivity index (χ2v) is 9.03. The summed E-state index contributed by atoms with van der Waals surface area (Å²) >= 11 is 0. The SMILES string of the molecule is CCC(C)c1cc2c(cc1OCC1CO1)oc1cc(OCC3CO3)c(C(C)CC)cc12. The number of fused-ring (bicyclic) bond motifs is 3.